The molecular weight excluding hydrogens is 439 g/mol. The first-order valence-corrected chi connectivity index (χ1v) is 9.33. The number of aliphatic carboxylic acids is 1. The van der Waals surface area contributed by atoms with Gasteiger partial charge in [-0.3, -0.25) is 0 Å². The Morgan fingerprint density at radius 2 is 1.38 bits per heavy atom. The molecule has 0 aliphatic heterocycles. The largest absolute Gasteiger partial charge is 1.00 e. The molecule has 0 aliphatic rings. The van der Waals surface area contributed by atoms with Gasteiger partial charge in [0.2, 0.25) is 0 Å². The van der Waals surface area contributed by atoms with E-state index in [-0.39, 0.29) is 35.1 Å². The van der Waals surface area contributed by atoms with Crippen molar-refractivity contribution in [3.8, 4) is 0 Å². The summed E-state index contributed by atoms with van der Waals surface area (Å²) in [6.07, 6.45) is 4.24. The van der Waals surface area contributed by atoms with Gasteiger partial charge >= 0.3 is 0 Å². The average molecular weight is 461 g/mol. The predicted molar refractivity (Wildman–Crippen MR) is 92.1 cm³/mol. The number of hydrogen-bond donors (Lipinski definition) is 2. The lowest BCUT2D eigenvalue weighted by atomic mass is 9.86. The van der Waals surface area contributed by atoms with E-state index in [1.165, 1.54) is 0 Å². The third kappa shape index (κ3) is 6.43. The Labute approximate surface area is 162 Å². The molecule has 0 aliphatic carbocycles. The van der Waals surface area contributed by atoms with Gasteiger partial charge in [0.15, 0.2) is 5.60 Å². The van der Waals surface area contributed by atoms with E-state index < -0.39 is 11.6 Å². The van der Waals surface area contributed by atoms with E-state index in [0.717, 1.165) is 5.75 Å². The second-order valence-electron chi connectivity index (χ2n) is 5.14. The summed E-state index contributed by atoms with van der Waals surface area (Å²) in [5.41, 5.74) is -1.54. The van der Waals surface area contributed by atoms with E-state index in [1.807, 2.05) is 0 Å². The Morgan fingerprint density at radius 1 is 1.00 bits per heavy atom. The summed E-state index contributed by atoms with van der Waals surface area (Å²) in [7, 11) is 0.434. The van der Waals surface area contributed by atoms with E-state index in [4.69, 9.17) is 5.11 Å². The topological polar surface area (TPSA) is 80.6 Å². The molecule has 2 rings (SSSR count). The zero-order valence-electron chi connectivity index (χ0n) is 13.7. The predicted octanol–water partition coefficient (Wildman–Crippen LogP) is -2.47. The molecule has 0 atom stereocenters. The maximum atomic E-state index is 11.3. The first kappa shape index (κ1) is 22.9. The van der Waals surface area contributed by atoms with Gasteiger partial charge in [-0.1, -0.05) is 60.7 Å². The summed E-state index contributed by atoms with van der Waals surface area (Å²) >= 11 is 0. The van der Waals surface area contributed by atoms with Crippen LogP contribution >= 0.6 is 0 Å². The smallest absolute Gasteiger partial charge is 0.154 e. The van der Waals surface area contributed by atoms with Gasteiger partial charge in [-0.05, 0) is 22.0 Å². The van der Waals surface area contributed by atoms with Crippen LogP contribution in [0.25, 0.3) is 0 Å². The summed E-state index contributed by atoms with van der Waals surface area (Å²) in [4.78, 5) is 11.3. The van der Waals surface area contributed by atoms with E-state index in [0.29, 0.717) is 17.5 Å². The van der Waals surface area contributed by atoms with Crippen LogP contribution in [0.5, 0.6) is 0 Å². The van der Waals surface area contributed by atoms with Gasteiger partial charge in [0.1, 0.15) is 5.75 Å². The summed E-state index contributed by atoms with van der Waals surface area (Å²) in [6, 6.07) is 16.4. The summed E-state index contributed by atoms with van der Waals surface area (Å²) < 4.78 is 0. The molecule has 132 valence electrons. The lowest BCUT2D eigenvalue weighted by Crippen LogP contribution is -3.00. The minimum Gasteiger partial charge on any atom is -1.00 e. The molecule has 2 aromatic rings. The molecule has 24 heavy (non-hydrogen) atoms. The third-order valence-electron chi connectivity index (χ3n) is 3.18. The van der Waals surface area contributed by atoms with Crippen LogP contribution in [-0.2, 0) is 21.3 Å². The molecule has 4 nitrogen and oxygen atoms in total. The number of benzene rings is 2. The number of hydrogen-bond acceptors (Lipinski definition) is 4. The Morgan fingerprint density at radius 3 is 1.58 bits per heavy atom. The van der Waals surface area contributed by atoms with Gasteiger partial charge in [-0.15, -0.1) is 0 Å². The summed E-state index contributed by atoms with van der Waals surface area (Å²) in [5, 5.41) is 29.9. The average Bonchev–Trinajstić information content (AvgIpc) is 2.56. The van der Waals surface area contributed by atoms with Gasteiger partial charge in [0.25, 0.3) is 0 Å². The first-order chi connectivity index (χ1) is 10.9. The molecule has 0 spiro atoms. The molecule has 0 radical (unpaired) electrons. The second-order valence-corrected chi connectivity index (χ2v) is 7.52. The highest BCUT2D eigenvalue weighted by Crippen LogP contribution is 2.28. The molecule has 0 saturated heterocycles. The maximum Gasteiger partial charge on any atom is 0.154 e. The molecule has 2 aromatic carbocycles. The molecular formula is C18H22IO4S-. The van der Waals surface area contributed by atoms with Crippen molar-refractivity contribution >= 4 is 16.9 Å². The van der Waals surface area contributed by atoms with Gasteiger partial charge in [-0.2, -0.15) is 0 Å². The standard InChI is InChI=1S/C14H12O3.C4H11OS.HI/c15-13(16)14(17,11-7-3-1-4-8-11)12-9-5-2-6-10-12;1-6(2)4-3-5;/h1-10,17H,(H,15,16);5H,3-4H2,1-2H3;1H/q;+1;/p-2. The Balaban J connectivity index is 0.000000655. The zero-order valence-corrected chi connectivity index (χ0v) is 16.7. The van der Waals surface area contributed by atoms with Crippen LogP contribution in [0.1, 0.15) is 11.1 Å². The Hall–Kier alpha value is -1.09. The SMILES string of the molecule is C[S+](C)CCO.O=C([O-])C(O)(c1ccccc1)c1ccccc1.[I-]. The number of carbonyl (C=O) groups excluding carboxylic acids is 1. The summed E-state index contributed by atoms with van der Waals surface area (Å²) in [5.74, 6) is -0.574. The molecule has 0 saturated carbocycles. The van der Waals surface area contributed by atoms with Gasteiger partial charge in [0, 0.05) is 0 Å². The van der Waals surface area contributed by atoms with Crippen molar-refractivity contribution in [2.75, 3.05) is 24.9 Å². The monoisotopic (exact) mass is 461 g/mol. The van der Waals surface area contributed by atoms with Crippen LogP contribution in [0.4, 0.5) is 0 Å². The second kappa shape index (κ2) is 11.5. The van der Waals surface area contributed by atoms with Crippen molar-refractivity contribution in [3.63, 3.8) is 0 Å². The zero-order chi connectivity index (χ0) is 17.3. The van der Waals surface area contributed by atoms with Crippen molar-refractivity contribution < 1.29 is 44.1 Å². The van der Waals surface area contributed by atoms with E-state index in [1.54, 1.807) is 60.7 Å². The van der Waals surface area contributed by atoms with E-state index in [9.17, 15) is 15.0 Å². The van der Waals surface area contributed by atoms with Crippen molar-refractivity contribution in [2.45, 2.75) is 5.60 Å². The Kier molecular flexibility index (Phi) is 10.9. The van der Waals surface area contributed by atoms with Crippen LogP contribution < -0.4 is 29.1 Å². The molecule has 2 N–H and O–H groups in total. The fraction of sp³-hybridized carbons (Fsp3) is 0.278. The highest BCUT2D eigenvalue weighted by molar-refractivity contribution is 7.95. The van der Waals surface area contributed by atoms with Crippen molar-refractivity contribution in [1.29, 1.82) is 0 Å². The van der Waals surface area contributed by atoms with Crippen molar-refractivity contribution in [3.05, 3.63) is 71.8 Å². The van der Waals surface area contributed by atoms with Crippen LogP contribution in [0.15, 0.2) is 60.7 Å². The van der Waals surface area contributed by atoms with Crippen LogP contribution in [-0.4, -0.2) is 41.1 Å². The van der Waals surface area contributed by atoms with Gasteiger partial charge in [0.05, 0.1) is 25.1 Å². The number of halogens is 1. The normalized spacial score (nSPS) is 10.4. The minimum atomic E-state index is -2.11. The van der Waals surface area contributed by atoms with Gasteiger partial charge < -0.3 is 44.1 Å². The molecule has 0 aromatic heterocycles. The van der Waals surface area contributed by atoms with Crippen LogP contribution in [0.3, 0.4) is 0 Å². The maximum absolute atomic E-state index is 11.3. The number of aliphatic hydroxyl groups is 2. The molecule has 0 heterocycles. The lowest BCUT2D eigenvalue weighted by Gasteiger charge is -2.30. The fourth-order valence-corrected chi connectivity index (χ4v) is 2.31. The fourth-order valence-electron chi connectivity index (χ4n) is 1.94. The summed E-state index contributed by atoms with van der Waals surface area (Å²) in [6.45, 7) is 0.343. The van der Waals surface area contributed by atoms with Gasteiger partial charge in [-0.25, -0.2) is 0 Å². The number of carboxylic acid groups (broad SMARTS) is 1. The third-order valence-corrected chi connectivity index (χ3v) is 4.18. The highest BCUT2D eigenvalue weighted by Gasteiger charge is 2.32. The van der Waals surface area contributed by atoms with E-state index >= 15 is 0 Å². The number of aliphatic hydroxyl groups excluding tert-OH is 1. The van der Waals surface area contributed by atoms with Crippen molar-refractivity contribution in [2.24, 2.45) is 0 Å². The lowest BCUT2D eigenvalue weighted by molar-refractivity contribution is -0.322. The van der Waals surface area contributed by atoms with Crippen molar-refractivity contribution in [1.82, 2.24) is 0 Å². The highest BCUT2D eigenvalue weighted by atomic mass is 127. The minimum absolute atomic E-state index is 0. The molecule has 6 heteroatoms. The molecule has 0 fully saturated rings. The Bertz CT molecular complexity index is 551. The number of carboxylic acids is 1. The number of rotatable bonds is 5. The van der Waals surface area contributed by atoms with Crippen LogP contribution in [0.2, 0.25) is 0 Å². The number of carbonyl (C=O) groups is 1. The van der Waals surface area contributed by atoms with E-state index in [2.05, 4.69) is 12.5 Å². The molecule has 0 unspecified atom stereocenters. The first-order valence-electron chi connectivity index (χ1n) is 7.12. The molecule has 0 bridgehead atoms. The quantitative estimate of drug-likeness (QED) is 0.382. The molecule has 0 amide bonds. The van der Waals surface area contributed by atoms with Crippen LogP contribution in [0, 0.1) is 0 Å².